The number of hydrogen-bond donors (Lipinski definition) is 1. The maximum Gasteiger partial charge on any atom is 0.0609 e. The Morgan fingerprint density at radius 2 is 2.18 bits per heavy atom. The summed E-state index contributed by atoms with van der Waals surface area (Å²) in [6.07, 6.45) is 4.02. The van der Waals surface area contributed by atoms with E-state index < -0.39 is 0 Å². The van der Waals surface area contributed by atoms with Gasteiger partial charge < -0.3 is 5.11 Å². The zero-order valence-electron chi connectivity index (χ0n) is 10.6. The van der Waals surface area contributed by atoms with Crippen LogP contribution in [0.4, 0.5) is 0 Å². The molecule has 0 spiro atoms. The number of aryl methyl sites for hydroxylation is 1. The number of rotatable bonds is 3. The minimum absolute atomic E-state index is 0.236. The van der Waals surface area contributed by atoms with Crippen molar-refractivity contribution >= 4 is 11.6 Å². The van der Waals surface area contributed by atoms with Crippen LogP contribution in [0, 0.1) is 18.8 Å². The maximum atomic E-state index is 10.3. The van der Waals surface area contributed by atoms with Gasteiger partial charge in [0.1, 0.15) is 0 Å². The van der Waals surface area contributed by atoms with E-state index in [1.54, 1.807) is 0 Å². The Hall–Kier alpha value is -0.530. The van der Waals surface area contributed by atoms with Crippen LogP contribution in [0.5, 0.6) is 0 Å². The Morgan fingerprint density at radius 3 is 2.76 bits per heavy atom. The van der Waals surface area contributed by atoms with Crippen molar-refractivity contribution in [3.63, 3.8) is 0 Å². The van der Waals surface area contributed by atoms with Gasteiger partial charge in [-0.2, -0.15) is 0 Å². The third-order valence-corrected chi connectivity index (χ3v) is 4.27. The summed E-state index contributed by atoms with van der Waals surface area (Å²) in [6, 6.07) is 6.07. The van der Waals surface area contributed by atoms with E-state index in [1.165, 1.54) is 12.0 Å². The summed E-state index contributed by atoms with van der Waals surface area (Å²) in [5.41, 5.74) is 2.24. The number of hydrogen-bond acceptors (Lipinski definition) is 1. The number of halogens is 1. The monoisotopic (exact) mass is 252 g/mol. The molecule has 1 aromatic rings. The van der Waals surface area contributed by atoms with Crippen molar-refractivity contribution in [3.05, 3.63) is 34.3 Å². The van der Waals surface area contributed by atoms with Crippen LogP contribution < -0.4 is 0 Å². The predicted octanol–water partition coefficient (Wildman–Crippen LogP) is 3.99. The first-order valence-corrected chi connectivity index (χ1v) is 6.87. The van der Waals surface area contributed by atoms with E-state index in [-0.39, 0.29) is 6.10 Å². The molecule has 94 valence electrons. The highest BCUT2D eigenvalue weighted by molar-refractivity contribution is 6.31. The molecule has 2 rings (SSSR count). The van der Waals surface area contributed by atoms with Crippen LogP contribution >= 0.6 is 11.6 Å². The minimum Gasteiger partial charge on any atom is -0.392 e. The second-order valence-corrected chi connectivity index (χ2v) is 5.95. The first-order valence-electron chi connectivity index (χ1n) is 6.49. The Bertz CT molecular complexity index is 389. The van der Waals surface area contributed by atoms with Gasteiger partial charge >= 0.3 is 0 Å². The standard InChI is InChI=1S/C15H21ClO/c1-10-4-6-13(7-10)15(17)9-12-5-3-11(2)8-14(12)16/h3,5,8,10,13,15,17H,4,6-7,9H2,1-2H3. The fourth-order valence-corrected chi connectivity index (χ4v) is 3.12. The number of benzene rings is 1. The third kappa shape index (κ3) is 3.23. The number of aliphatic hydroxyl groups excluding tert-OH is 1. The molecule has 1 nitrogen and oxygen atoms in total. The molecule has 1 fully saturated rings. The molecular formula is C15H21ClO. The Morgan fingerprint density at radius 1 is 1.41 bits per heavy atom. The highest BCUT2D eigenvalue weighted by atomic mass is 35.5. The van der Waals surface area contributed by atoms with Crippen molar-refractivity contribution in [2.75, 3.05) is 0 Å². The van der Waals surface area contributed by atoms with Crippen LogP contribution in [-0.2, 0) is 6.42 Å². The summed E-state index contributed by atoms with van der Waals surface area (Å²) in [5, 5.41) is 11.0. The highest BCUT2D eigenvalue weighted by Crippen LogP contribution is 2.34. The van der Waals surface area contributed by atoms with Crippen molar-refractivity contribution in [1.82, 2.24) is 0 Å². The lowest BCUT2D eigenvalue weighted by atomic mass is 9.94. The first-order chi connectivity index (χ1) is 8.06. The molecule has 1 aliphatic carbocycles. The molecule has 0 aromatic heterocycles. The molecule has 17 heavy (non-hydrogen) atoms. The van der Waals surface area contributed by atoms with Crippen LogP contribution in [-0.4, -0.2) is 11.2 Å². The lowest BCUT2D eigenvalue weighted by Crippen LogP contribution is -2.20. The summed E-state index contributed by atoms with van der Waals surface area (Å²) in [7, 11) is 0. The second kappa shape index (κ2) is 5.41. The second-order valence-electron chi connectivity index (χ2n) is 5.54. The minimum atomic E-state index is -0.236. The van der Waals surface area contributed by atoms with Gasteiger partial charge in [0.2, 0.25) is 0 Å². The van der Waals surface area contributed by atoms with E-state index in [2.05, 4.69) is 13.0 Å². The van der Waals surface area contributed by atoms with E-state index in [1.807, 2.05) is 19.1 Å². The van der Waals surface area contributed by atoms with Gasteiger partial charge in [-0.05, 0) is 48.8 Å². The van der Waals surface area contributed by atoms with Crippen molar-refractivity contribution in [2.24, 2.45) is 11.8 Å². The average molecular weight is 253 g/mol. The van der Waals surface area contributed by atoms with Gasteiger partial charge in [0.15, 0.2) is 0 Å². The van der Waals surface area contributed by atoms with Crippen molar-refractivity contribution in [3.8, 4) is 0 Å². The Labute approximate surface area is 109 Å². The summed E-state index contributed by atoms with van der Waals surface area (Å²) >= 11 is 6.20. The molecular weight excluding hydrogens is 232 g/mol. The van der Waals surface area contributed by atoms with Gasteiger partial charge in [0.05, 0.1) is 6.10 Å². The van der Waals surface area contributed by atoms with Gasteiger partial charge in [-0.1, -0.05) is 37.1 Å². The van der Waals surface area contributed by atoms with Gasteiger partial charge in [-0.3, -0.25) is 0 Å². The third-order valence-electron chi connectivity index (χ3n) is 3.92. The molecule has 1 saturated carbocycles. The average Bonchev–Trinajstić information content (AvgIpc) is 2.69. The molecule has 0 radical (unpaired) electrons. The van der Waals surface area contributed by atoms with Gasteiger partial charge in [0.25, 0.3) is 0 Å². The van der Waals surface area contributed by atoms with Crippen LogP contribution in [0.25, 0.3) is 0 Å². The molecule has 3 unspecified atom stereocenters. The summed E-state index contributed by atoms with van der Waals surface area (Å²) in [6.45, 7) is 4.30. The van der Waals surface area contributed by atoms with Crippen LogP contribution in [0.2, 0.25) is 5.02 Å². The van der Waals surface area contributed by atoms with Gasteiger partial charge in [0, 0.05) is 11.4 Å². The Balaban J connectivity index is 2.00. The lowest BCUT2D eigenvalue weighted by Gasteiger charge is -2.18. The fraction of sp³-hybridized carbons (Fsp3) is 0.600. The summed E-state index contributed by atoms with van der Waals surface area (Å²) in [5.74, 6) is 1.23. The number of aliphatic hydroxyl groups is 1. The molecule has 0 bridgehead atoms. The van der Waals surface area contributed by atoms with Crippen LogP contribution in [0.1, 0.15) is 37.3 Å². The van der Waals surface area contributed by atoms with E-state index in [0.717, 1.165) is 29.3 Å². The molecule has 2 heteroatoms. The molecule has 0 aliphatic heterocycles. The van der Waals surface area contributed by atoms with E-state index >= 15 is 0 Å². The summed E-state index contributed by atoms with van der Waals surface area (Å²) < 4.78 is 0. The molecule has 0 heterocycles. The topological polar surface area (TPSA) is 20.2 Å². The zero-order chi connectivity index (χ0) is 12.4. The van der Waals surface area contributed by atoms with Crippen molar-refractivity contribution < 1.29 is 5.11 Å². The van der Waals surface area contributed by atoms with Crippen molar-refractivity contribution in [1.29, 1.82) is 0 Å². The molecule has 3 atom stereocenters. The SMILES string of the molecule is Cc1ccc(CC(O)C2CCC(C)C2)c(Cl)c1. The quantitative estimate of drug-likeness (QED) is 0.863. The summed E-state index contributed by atoms with van der Waals surface area (Å²) in [4.78, 5) is 0. The van der Waals surface area contributed by atoms with Crippen LogP contribution in [0.3, 0.4) is 0 Å². The van der Waals surface area contributed by atoms with E-state index in [0.29, 0.717) is 12.3 Å². The lowest BCUT2D eigenvalue weighted by molar-refractivity contribution is 0.109. The first kappa shape index (κ1) is 12.9. The molecule has 1 N–H and O–H groups in total. The van der Waals surface area contributed by atoms with Crippen molar-refractivity contribution in [2.45, 2.75) is 45.6 Å². The largest absolute Gasteiger partial charge is 0.392 e. The molecule has 0 saturated heterocycles. The van der Waals surface area contributed by atoms with Gasteiger partial charge in [-0.25, -0.2) is 0 Å². The zero-order valence-corrected chi connectivity index (χ0v) is 11.4. The van der Waals surface area contributed by atoms with E-state index in [9.17, 15) is 5.11 Å². The predicted molar refractivity (Wildman–Crippen MR) is 72.4 cm³/mol. The Kier molecular flexibility index (Phi) is 4.11. The fourth-order valence-electron chi connectivity index (χ4n) is 2.81. The highest BCUT2D eigenvalue weighted by Gasteiger charge is 2.27. The van der Waals surface area contributed by atoms with Gasteiger partial charge in [-0.15, -0.1) is 0 Å². The normalized spacial score (nSPS) is 26.1. The molecule has 1 aliphatic rings. The van der Waals surface area contributed by atoms with Crippen LogP contribution in [0.15, 0.2) is 18.2 Å². The maximum absolute atomic E-state index is 10.3. The van der Waals surface area contributed by atoms with E-state index in [4.69, 9.17) is 11.6 Å². The molecule has 0 amide bonds. The molecule has 1 aromatic carbocycles. The smallest absolute Gasteiger partial charge is 0.0609 e.